The first-order valence-electron chi connectivity index (χ1n) is 15.7. The summed E-state index contributed by atoms with van der Waals surface area (Å²) in [6.07, 6.45) is 4.13. The fraction of sp³-hybridized carbons (Fsp3) is 0.576. The van der Waals surface area contributed by atoms with Crippen molar-refractivity contribution in [2.45, 2.75) is 62.5 Å². The second-order valence-electron chi connectivity index (χ2n) is 11.9. The zero-order valence-electron chi connectivity index (χ0n) is 26.3. The van der Waals surface area contributed by atoms with E-state index in [1.54, 1.807) is 31.1 Å². The van der Waals surface area contributed by atoms with Crippen molar-refractivity contribution in [1.82, 2.24) is 9.80 Å². The normalized spacial score (nSPS) is 17.0. The van der Waals surface area contributed by atoms with Crippen LogP contribution in [0.5, 0.6) is 0 Å². The van der Waals surface area contributed by atoms with Gasteiger partial charge in [0.1, 0.15) is 0 Å². The van der Waals surface area contributed by atoms with E-state index in [4.69, 9.17) is 16.3 Å². The second-order valence-corrected chi connectivity index (χ2v) is 14.6. The van der Waals surface area contributed by atoms with Crippen molar-refractivity contribution in [3.05, 3.63) is 53.1 Å². The number of likely N-dealkylation sites (tertiary alicyclic amines) is 2. The van der Waals surface area contributed by atoms with Crippen LogP contribution in [0.4, 0.5) is 11.4 Å². The topological polar surface area (TPSA) is 99.3 Å². The molecule has 0 atom stereocenters. The molecule has 0 unspecified atom stereocenters. The number of nitrogens with zero attached hydrogens (tertiary/aromatic N) is 3. The molecule has 44 heavy (non-hydrogen) atoms. The quantitative estimate of drug-likeness (QED) is 0.305. The molecule has 0 radical (unpaired) electrons. The lowest BCUT2D eigenvalue weighted by molar-refractivity contribution is -0.133. The van der Waals surface area contributed by atoms with Crippen molar-refractivity contribution < 1.29 is 22.7 Å². The van der Waals surface area contributed by atoms with Gasteiger partial charge in [0.15, 0.2) is 9.84 Å². The third kappa shape index (κ3) is 8.96. The van der Waals surface area contributed by atoms with E-state index in [1.165, 1.54) is 0 Å². The van der Waals surface area contributed by atoms with Crippen LogP contribution in [0.3, 0.4) is 0 Å². The molecule has 0 saturated carbocycles. The molecular weight excluding hydrogens is 600 g/mol. The lowest BCUT2D eigenvalue weighted by Gasteiger charge is -2.35. The third-order valence-electron chi connectivity index (χ3n) is 8.89. The first kappa shape index (κ1) is 34.2. The average molecular weight is 647 g/mol. The summed E-state index contributed by atoms with van der Waals surface area (Å²) >= 11 is 6.44. The highest BCUT2D eigenvalue weighted by Crippen LogP contribution is 2.29. The van der Waals surface area contributed by atoms with Crippen molar-refractivity contribution in [3.63, 3.8) is 0 Å². The minimum atomic E-state index is -3.41. The highest BCUT2D eigenvalue weighted by molar-refractivity contribution is 7.92. The van der Waals surface area contributed by atoms with Crippen LogP contribution in [0.2, 0.25) is 5.02 Å². The van der Waals surface area contributed by atoms with Crippen LogP contribution in [0, 0.1) is 12.8 Å². The molecule has 0 bridgehead atoms. The Labute approximate surface area is 267 Å². The second kappa shape index (κ2) is 16.1. The monoisotopic (exact) mass is 646 g/mol. The highest BCUT2D eigenvalue weighted by Gasteiger charge is 2.32. The number of ether oxygens (including phenoxy) is 1. The van der Waals surface area contributed by atoms with E-state index in [2.05, 4.69) is 10.2 Å². The van der Waals surface area contributed by atoms with Crippen molar-refractivity contribution in [2.75, 3.05) is 69.7 Å². The van der Waals surface area contributed by atoms with Gasteiger partial charge in [-0.3, -0.25) is 9.59 Å². The Kier molecular flexibility index (Phi) is 12.5. The molecule has 2 aliphatic rings. The summed E-state index contributed by atoms with van der Waals surface area (Å²) in [5, 5.41) is 3.52. The maximum absolute atomic E-state index is 13.7. The molecule has 2 aromatic carbocycles. The number of hydrogen-bond acceptors (Lipinski definition) is 7. The summed E-state index contributed by atoms with van der Waals surface area (Å²) in [4.78, 5) is 31.8. The van der Waals surface area contributed by atoms with Crippen LogP contribution in [0.25, 0.3) is 0 Å². The predicted molar refractivity (Wildman–Crippen MR) is 176 cm³/mol. The van der Waals surface area contributed by atoms with Crippen LogP contribution < -0.4 is 10.2 Å². The fourth-order valence-electron chi connectivity index (χ4n) is 6.08. The SMILES string of the molecule is COCCCNc1ccc(S(=O)(=O)C2CCN(CCCN(C(=O)C3CCN(C(C)=O)CC3)c3ccc(C)c(Cl)c3)CC2)cc1. The summed E-state index contributed by atoms with van der Waals surface area (Å²) in [6.45, 7) is 8.90. The summed E-state index contributed by atoms with van der Waals surface area (Å²) in [7, 11) is -1.73. The van der Waals surface area contributed by atoms with Gasteiger partial charge in [0.25, 0.3) is 0 Å². The van der Waals surface area contributed by atoms with E-state index in [9.17, 15) is 18.0 Å². The molecule has 4 rings (SSSR count). The molecular formula is C33H47ClN4O5S. The zero-order chi connectivity index (χ0) is 31.7. The van der Waals surface area contributed by atoms with Gasteiger partial charge in [0, 0.05) is 69.1 Å². The van der Waals surface area contributed by atoms with E-state index in [0.29, 0.717) is 74.9 Å². The molecule has 2 aromatic rings. The van der Waals surface area contributed by atoms with Crippen molar-refractivity contribution >= 4 is 44.6 Å². The minimum absolute atomic E-state index is 0.0502. The molecule has 11 heteroatoms. The number of carbonyl (C=O) groups is 2. The number of hydrogen-bond donors (Lipinski definition) is 1. The smallest absolute Gasteiger partial charge is 0.230 e. The summed E-state index contributed by atoms with van der Waals surface area (Å²) in [5.41, 5.74) is 2.65. The number of amides is 2. The molecule has 2 heterocycles. The van der Waals surface area contributed by atoms with Gasteiger partial charge in [-0.25, -0.2) is 8.42 Å². The van der Waals surface area contributed by atoms with Crippen molar-refractivity contribution in [3.8, 4) is 0 Å². The molecule has 2 amide bonds. The Hall–Kier alpha value is -2.66. The number of anilines is 2. The van der Waals surface area contributed by atoms with E-state index >= 15 is 0 Å². The molecule has 9 nitrogen and oxygen atoms in total. The van der Waals surface area contributed by atoms with Crippen molar-refractivity contribution in [2.24, 2.45) is 5.92 Å². The number of carbonyl (C=O) groups excluding carboxylic acids is 2. The number of sulfone groups is 1. The largest absolute Gasteiger partial charge is 0.385 e. The first-order valence-corrected chi connectivity index (χ1v) is 17.6. The number of aryl methyl sites for hydroxylation is 1. The number of rotatable bonds is 13. The van der Waals surface area contributed by atoms with Gasteiger partial charge in [-0.2, -0.15) is 0 Å². The van der Waals surface area contributed by atoms with E-state index in [-0.39, 0.29) is 17.7 Å². The maximum Gasteiger partial charge on any atom is 0.230 e. The summed E-state index contributed by atoms with van der Waals surface area (Å²) < 4.78 is 31.8. The molecule has 2 saturated heterocycles. The van der Waals surface area contributed by atoms with Crippen LogP contribution in [-0.2, 0) is 24.2 Å². The van der Waals surface area contributed by atoms with E-state index in [1.807, 2.05) is 42.2 Å². The van der Waals surface area contributed by atoms with Gasteiger partial charge < -0.3 is 24.8 Å². The molecule has 0 aliphatic carbocycles. The standard InChI is InChI=1S/C33H47ClN4O5S/c1-25-6-9-29(24-32(25)34)38(33(40)27-12-21-37(22-13-27)26(2)39)18-5-17-36-19-14-31(15-20-36)44(41,42)30-10-7-28(8-11-30)35-16-4-23-43-3/h6-11,24,27,31,35H,4-5,12-23H2,1-3H3. The van der Waals surface area contributed by atoms with Crippen LogP contribution in [0.15, 0.2) is 47.4 Å². The lowest BCUT2D eigenvalue weighted by Crippen LogP contribution is -2.45. The average Bonchev–Trinajstić information content (AvgIpc) is 3.03. The van der Waals surface area contributed by atoms with Crippen molar-refractivity contribution in [1.29, 1.82) is 0 Å². The molecule has 0 aromatic heterocycles. The number of nitrogens with one attached hydrogen (secondary N) is 1. The third-order valence-corrected chi connectivity index (χ3v) is 11.6. The molecule has 242 valence electrons. The number of benzene rings is 2. The van der Waals surface area contributed by atoms with E-state index < -0.39 is 15.1 Å². The van der Waals surface area contributed by atoms with Gasteiger partial charge in [0.05, 0.1) is 10.1 Å². The highest BCUT2D eigenvalue weighted by atomic mass is 35.5. The summed E-state index contributed by atoms with van der Waals surface area (Å²) in [5.74, 6) is -0.00415. The predicted octanol–water partition coefficient (Wildman–Crippen LogP) is 5.02. The number of methoxy groups -OCH3 is 1. The Balaban J connectivity index is 1.30. The van der Waals surface area contributed by atoms with Gasteiger partial charge in [0.2, 0.25) is 11.8 Å². The molecule has 1 N–H and O–H groups in total. The van der Waals surface area contributed by atoms with Gasteiger partial charge >= 0.3 is 0 Å². The van der Waals surface area contributed by atoms with Gasteiger partial charge in [-0.05, 0) is 107 Å². The zero-order valence-corrected chi connectivity index (χ0v) is 27.8. The first-order chi connectivity index (χ1) is 21.1. The summed E-state index contributed by atoms with van der Waals surface area (Å²) in [6, 6.07) is 12.8. The fourth-order valence-corrected chi connectivity index (χ4v) is 7.98. The molecule has 2 fully saturated rings. The Morgan fingerprint density at radius 1 is 1.00 bits per heavy atom. The molecule has 0 spiro atoms. The minimum Gasteiger partial charge on any atom is -0.385 e. The van der Waals surface area contributed by atoms with Gasteiger partial charge in [-0.15, -0.1) is 0 Å². The van der Waals surface area contributed by atoms with Crippen LogP contribution in [-0.4, -0.2) is 94.8 Å². The Morgan fingerprint density at radius 3 is 2.30 bits per heavy atom. The number of piperidine rings is 2. The lowest BCUT2D eigenvalue weighted by atomic mass is 9.94. The van der Waals surface area contributed by atoms with E-state index in [0.717, 1.165) is 42.9 Å². The maximum atomic E-state index is 13.7. The molecule has 2 aliphatic heterocycles. The Morgan fingerprint density at radius 2 is 1.68 bits per heavy atom. The Bertz CT molecular complexity index is 1350. The van der Waals surface area contributed by atoms with Crippen LogP contribution in [0.1, 0.15) is 51.0 Å². The van der Waals surface area contributed by atoms with Gasteiger partial charge in [-0.1, -0.05) is 17.7 Å². The number of halogens is 1. The van der Waals surface area contributed by atoms with Crippen LogP contribution >= 0.6 is 11.6 Å².